The topological polar surface area (TPSA) is 43.4 Å². The van der Waals surface area contributed by atoms with Crippen LogP contribution in [0.2, 0.25) is 0 Å². The lowest BCUT2D eigenvalue weighted by molar-refractivity contribution is -0.139. The van der Waals surface area contributed by atoms with Gasteiger partial charge in [-0.15, -0.1) is 11.3 Å². The van der Waals surface area contributed by atoms with Gasteiger partial charge in [-0.3, -0.25) is 9.59 Å². The zero-order valence-electron chi connectivity index (χ0n) is 8.65. The van der Waals surface area contributed by atoms with Crippen LogP contribution in [-0.4, -0.2) is 18.9 Å². The Balaban J connectivity index is 2.68. The van der Waals surface area contributed by atoms with Gasteiger partial charge in [-0.2, -0.15) is 0 Å². The van der Waals surface area contributed by atoms with Crippen molar-refractivity contribution >= 4 is 29.2 Å². The molecule has 0 N–H and O–H groups in total. The average molecular weight is 224 g/mol. The molecule has 0 aromatic carbocycles. The first-order valence-electron chi connectivity index (χ1n) is 4.47. The van der Waals surface area contributed by atoms with Gasteiger partial charge in [0.2, 0.25) is 0 Å². The molecule has 1 heterocycles. The minimum absolute atomic E-state index is 0.0442. The molecule has 0 unspecified atom stereocenters. The van der Waals surface area contributed by atoms with Crippen LogP contribution in [-0.2, 0) is 9.53 Å². The second kappa shape index (κ2) is 5.46. The summed E-state index contributed by atoms with van der Waals surface area (Å²) in [5.41, 5.74) is 0.858. The molecule has 0 aliphatic heterocycles. The molecule has 0 atom stereocenters. The fourth-order valence-electron chi connectivity index (χ4n) is 1.10. The van der Waals surface area contributed by atoms with Crippen molar-refractivity contribution < 1.29 is 14.3 Å². The normalized spacial score (nSPS) is 10.5. The first-order chi connectivity index (χ1) is 7.15. The summed E-state index contributed by atoms with van der Waals surface area (Å²) >= 11 is 1.41. The fraction of sp³-hybridized carbons (Fsp3) is 0.273. The summed E-state index contributed by atoms with van der Waals surface area (Å²) in [6, 6.07) is 1.86. The van der Waals surface area contributed by atoms with E-state index < -0.39 is 0 Å². The maximum Gasteiger partial charge on any atom is 0.309 e. The van der Waals surface area contributed by atoms with Gasteiger partial charge >= 0.3 is 5.97 Å². The number of methoxy groups -OCH3 is 1. The molecule has 0 aliphatic rings. The number of hydrogen-bond donors (Lipinski definition) is 0. The van der Waals surface area contributed by atoms with E-state index in [-0.39, 0.29) is 18.2 Å². The molecule has 0 fully saturated rings. The molecule has 0 radical (unpaired) electrons. The zero-order chi connectivity index (χ0) is 11.3. The maximum atomic E-state index is 11.2. The van der Waals surface area contributed by atoms with Crippen LogP contribution in [0.5, 0.6) is 0 Å². The monoisotopic (exact) mass is 224 g/mol. The van der Waals surface area contributed by atoms with E-state index in [1.165, 1.54) is 25.4 Å². The third-order valence-electron chi connectivity index (χ3n) is 1.83. The fourth-order valence-corrected chi connectivity index (χ4v) is 1.89. The lowest BCUT2D eigenvalue weighted by Crippen LogP contribution is -1.96. The molecule has 15 heavy (non-hydrogen) atoms. The Morgan fingerprint density at radius 2 is 2.27 bits per heavy atom. The van der Waals surface area contributed by atoms with Crippen LogP contribution < -0.4 is 0 Å². The van der Waals surface area contributed by atoms with Crippen molar-refractivity contribution in [2.45, 2.75) is 13.3 Å². The van der Waals surface area contributed by atoms with Crippen LogP contribution in [0.15, 0.2) is 17.5 Å². The maximum absolute atomic E-state index is 11.2. The molecule has 0 saturated carbocycles. The van der Waals surface area contributed by atoms with E-state index in [9.17, 15) is 9.59 Å². The van der Waals surface area contributed by atoms with Crippen molar-refractivity contribution in [1.82, 2.24) is 0 Å². The van der Waals surface area contributed by atoms with Crippen molar-refractivity contribution in [2.24, 2.45) is 0 Å². The van der Waals surface area contributed by atoms with E-state index in [0.29, 0.717) is 0 Å². The molecular weight excluding hydrogens is 212 g/mol. The lowest BCUT2D eigenvalue weighted by atomic mass is 10.2. The number of hydrogen-bond acceptors (Lipinski definition) is 4. The minimum Gasteiger partial charge on any atom is -0.469 e. The predicted molar refractivity (Wildman–Crippen MR) is 60.0 cm³/mol. The molecule has 1 rings (SSSR count). The van der Waals surface area contributed by atoms with E-state index >= 15 is 0 Å². The van der Waals surface area contributed by atoms with E-state index in [1.54, 1.807) is 12.2 Å². The van der Waals surface area contributed by atoms with E-state index in [2.05, 4.69) is 4.74 Å². The summed E-state index contributed by atoms with van der Waals surface area (Å²) in [6.45, 7) is 1.53. The quantitative estimate of drug-likeness (QED) is 0.583. The first-order valence-corrected chi connectivity index (χ1v) is 5.35. The average Bonchev–Trinajstić information content (AvgIpc) is 2.65. The standard InChI is InChI=1S/C11H12O3S/c1-8(12)11-9(6-7-15-11)4-3-5-10(13)14-2/h3-4,6-7H,5H2,1-2H3. The number of carbonyl (C=O) groups excluding carboxylic acids is 2. The van der Waals surface area contributed by atoms with Gasteiger partial charge in [-0.1, -0.05) is 12.2 Å². The Hall–Kier alpha value is -1.42. The number of rotatable bonds is 4. The highest BCUT2D eigenvalue weighted by atomic mass is 32.1. The lowest BCUT2D eigenvalue weighted by Gasteiger charge is -1.94. The minimum atomic E-state index is -0.286. The molecule has 1 aromatic heterocycles. The first kappa shape index (κ1) is 11.7. The van der Waals surface area contributed by atoms with E-state index in [0.717, 1.165) is 10.4 Å². The molecule has 4 heteroatoms. The zero-order valence-corrected chi connectivity index (χ0v) is 9.47. The second-order valence-electron chi connectivity index (χ2n) is 2.94. The highest BCUT2D eigenvalue weighted by Gasteiger charge is 2.05. The molecule has 0 amide bonds. The van der Waals surface area contributed by atoms with Gasteiger partial charge in [-0.05, 0) is 23.9 Å². The van der Waals surface area contributed by atoms with Crippen molar-refractivity contribution in [2.75, 3.05) is 7.11 Å². The van der Waals surface area contributed by atoms with Crippen molar-refractivity contribution in [1.29, 1.82) is 0 Å². The number of ketones is 1. The van der Waals surface area contributed by atoms with Gasteiger partial charge in [0.05, 0.1) is 18.4 Å². The molecule has 80 valence electrons. The number of ether oxygens (including phenoxy) is 1. The highest BCUT2D eigenvalue weighted by Crippen LogP contribution is 2.18. The number of carbonyl (C=O) groups is 2. The van der Waals surface area contributed by atoms with Gasteiger partial charge in [0, 0.05) is 0 Å². The highest BCUT2D eigenvalue weighted by molar-refractivity contribution is 7.12. The number of thiophene rings is 1. The Morgan fingerprint density at radius 3 is 2.87 bits per heavy atom. The van der Waals surface area contributed by atoms with Crippen LogP contribution in [0.1, 0.15) is 28.6 Å². The van der Waals surface area contributed by atoms with Crippen molar-refractivity contribution in [3.8, 4) is 0 Å². The van der Waals surface area contributed by atoms with Gasteiger partial charge in [-0.25, -0.2) is 0 Å². The third-order valence-corrected chi connectivity index (χ3v) is 2.86. The van der Waals surface area contributed by atoms with Crippen molar-refractivity contribution in [3.63, 3.8) is 0 Å². The van der Waals surface area contributed by atoms with Gasteiger partial charge in [0.15, 0.2) is 5.78 Å². The molecule has 1 aromatic rings. The van der Waals surface area contributed by atoms with Crippen LogP contribution in [0.3, 0.4) is 0 Å². The number of esters is 1. The van der Waals surface area contributed by atoms with E-state index in [1.807, 2.05) is 11.4 Å². The third kappa shape index (κ3) is 3.32. The Morgan fingerprint density at radius 1 is 1.53 bits per heavy atom. The van der Waals surface area contributed by atoms with Crippen molar-refractivity contribution in [3.05, 3.63) is 28.0 Å². The summed E-state index contributed by atoms with van der Waals surface area (Å²) < 4.78 is 4.49. The molecule has 0 saturated heterocycles. The van der Waals surface area contributed by atoms with Crippen LogP contribution in [0, 0.1) is 0 Å². The Labute approximate surface area is 92.4 Å². The number of Topliss-reactive ketones (excluding diaryl/α,β-unsaturated/α-hetero) is 1. The summed E-state index contributed by atoms with van der Waals surface area (Å²) in [7, 11) is 1.35. The molecule has 0 spiro atoms. The van der Waals surface area contributed by atoms with Crippen LogP contribution in [0.4, 0.5) is 0 Å². The molecule has 3 nitrogen and oxygen atoms in total. The predicted octanol–water partition coefficient (Wildman–Crippen LogP) is 2.53. The summed E-state index contributed by atoms with van der Waals surface area (Å²) in [5, 5.41) is 1.86. The summed E-state index contributed by atoms with van der Waals surface area (Å²) in [6.07, 6.45) is 3.69. The molecular formula is C11H12O3S. The van der Waals surface area contributed by atoms with Crippen LogP contribution >= 0.6 is 11.3 Å². The van der Waals surface area contributed by atoms with E-state index in [4.69, 9.17) is 0 Å². The summed E-state index contributed by atoms with van der Waals surface area (Å²) in [4.78, 5) is 22.7. The largest absolute Gasteiger partial charge is 0.469 e. The van der Waals surface area contributed by atoms with Gasteiger partial charge < -0.3 is 4.74 Å². The molecule has 0 bridgehead atoms. The second-order valence-corrected chi connectivity index (χ2v) is 3.86. The Kier molecular flexibility index (Phi) is 4.24. The SMILES string of the molecule is COC(=O)CC=Cc1ccsc1C(C)=O. The smallest absolute Gasteiger partial charge is 0.309 e. The molecule has 0 aliphatic carbocycles. The Bertz CT molecular complexity index is 390. The van der Waals surface area contributed by atoms with Crippen LogP contribution in [0.25, 0.3) is 6.08 Å². The van der Waals surface area contributed by atoms with Gasteiger partial charge in [0.1, 0.15) is 0 Å². The van der Waals surface area contributed by atoms with Gasteiger partial charge in [0.25, 0.3) is 0 Å². The summed E-state index contributed by atoms with van der Waals surface area (Å²) in [5.74, 6) is -0.242.